The summed E-state index contributed by atoms with van der Waals surface area (Å²) in [6, 6.07) is 8.22. The molecular formula is C23H32N2O4. The Labute approximate surface area is 173 Å². The first kappa shape index (κ1) is 22.8. The van der Waals surface area contributed by atoms with Crippen molar-refractivity contribution in [1.29, 1.82) is 0 Å². The quantitative estimate of drug-likeness (QED) is 0.428. The molecule has 0 fully saturated rings. The molecule has 158 valence electrons. The van der Waals surface area contributed by atoms with E-state index < -0.39 is 5.97 Å². The highest BCUT2D eigenvalue weighted by molar-refractivity contribution is 5.66. The van der Waals surface area contributed by atoms with Crippen molar-refractivity contribution in [3.63, 3.8) is 0 Å². The van der Waals surface area contributed by atoms with Crippen LogP contribution in [-0.4, -0.2) is 40.9 Å². The molecule has 2 rings (SSSR count). The highest BCUT2D eigenvalue weighted by Crippen LogP contribution is 2.18. The summed E-state index contributed by atoms with van der Waals surface area (Å²) in [7, 11) is 0. The largest absolute Gasteiger partial charge is 0.490 e. The molecule has 0 bridgehead atoms. The third-order valence-electron chi connectivity index (χ3n) is 4.50. The van der Waals surface area contributed by atoms with Crippen LogP contribution in [0, 0.1) is 0 Å². The number of nitrogens with zero attached hydrogens (tertiary/aromatic N) is 2. The minimum Gasteiger partial charge on any atom is -0.490 e. The first-order valence-corrected chi connectivity index (χ1v) is 10.5. The predicted octanol–water partition coefficient (Wildman–Crippen LogP) is 4.92. The van der Waals surface area contributed by atoms with Crippen LogP contribution in [0.3, 0.4) is 0 Å². The molecule has 1 aromatic carbocycles. The molecule has 0 aliphatic rings. The monoisotopic (exact) mass is 400 g/mol. The van der Waals surface area contributed by atoms with Crippen molar-refractivity contribution in [3.8, 4) is 17.1 Å². The van der Waals surface area contributed by atoms with Crippen LogP contribution < -0.4 is 4.74 Å². The van der Waals surface area contributed by atoms with E-state index in [9.17, 15) is 4.79 Å². The fourth-order valence-corrected chi connectivity index (χ4v) is 2.89. The van der Waals surface area contributed by atoms with Gasteiger partial charge in [0.25, 0.3) is 0 Å². The summed E-state index contributed by atoms with van der Waals surface area (Å²) in [5, 5.41) is 8.65. The first-order valence-electron chi connectivity index (χ1n) is 10.5. The zero-order valence-corrected chi connectivity index (χ0v) is 17.3. The molecule has 1 heterocycles. The fraction of sp³-hybridized carbons (Fsp3) is 0.522. The first-order chi connectivity index (χ1) is 14.2. The molecule has 0 aliphatic heterocycles. The van der Waals surface area contributed by atoms with E-state index in [1.54, 1.807) is 12.4 Å². The molecule has 29 heavy (non-hydrogen) atoms. The molecule has 1 N–H and O–H groups in total. The number of aromatic nitrogens is 2. The van der Waals surface area contributed by atoms with Gasteiger partial charge in [-0.1, -0.05) is 37.6 Å². The number of hydrogen-bond acceptors (Lipinski definition) is 5. The number of carbonyl (C=O) groups is 1. The third kappa shape index (κ3) is 9.52. The van der Waals surface area contributed by atoms with Crippen molar-refractivity contribution in [3.05, 3.63) is 42.2 Å². The molecule has 0 aliphatic carbocycles. The van der Waals surface area contributed by atoms with Gasteiger partial charge in [-0.15, -0.1) is 0 Å². The minimum atomic E-state index is -0.720. The van der Waals surface area contributed by atoms with Gasteiger partial charge in [0.2, 0.25) is 0 Å². The van der Waals surface area contributed by atoms with Crippen LogP contribution in [0.2, 0.25) is 0 Å². The van der Waals surface area contributed by atoms with E-state index in [-0.39, 0.29) is 6.42 Å². The van der Waals surface area contributed by atoms with Gasteiger partial charge in [0.1, 0.15) is 0 Å². The van der Waals surface area contributed by atoms with Crippen LogP contribution in [0.1, 0.15) is 57.4 Å². The molecule has 6 nitrogen and oxygen atoms in total. The fourth-order valence-electron chi connectivity index (χ4n) is 2.89. The number of hydrogen-bond donors (Lipinski definition) is 1. The Bertz CT molecular complexity index is 702. The van der Waals surface area contributed by atoms with Crippen LogP contribution >= 0.6 is 0 Å². The van der Waals surface area contributed by atoms with E-state index in [1.807, 2.05) is 12.1 Å². The van der Waals surface area contributed by atoms with Crippen molar-refractivity contribution in [2.75, 3.05) is 19.8 Å². The Hall–Kier alpha value is -2.47. The van der Waals surface area contributed by atoms with Crippen molar-refractivity contribution >= 4 is 5.97 Å². The Morgan fingerprint density at radius 3 is 2.34 bits per heavy atom. The zero-order chi connectivity index (χ0) is 20.7. The lowest BCUT2D eigenvalue weighted by Crippen LogP contribution is -2.02. The second-order valence-corrected chi connectivity index (χ2v) is 7.06. The van der Waals surface area contributed by atoms with Gasteiger partial charge in [-0.25, -0.2) is 9.97 Å². The van der Waals surface area contributed by atoms with E-state index >= 15 is 0 Å². The van der Waals surface area contributed by atoms with Gasteiger partial charge in [-0.3, -0.25) is 4.79 Å². The lowest BCUT2D eigenvalue weighted by molar-refractivity contribution is -0.137. The predicted molar refractivity (Wildman–Crippen MR) is 113 cm³/mol. The minimum absolute atomic E-state index is 0.253. The van der Waals surface area contributed by atoms with E-state index in [4.69, 9.17) is 14.6 Å². The van der Waals surface area contributed by atoms with Gasteiger partial charge in [0.05, 0.1) is 19.0 Å². The van der Waals surface area contributed by atoms with Crippen molar-refractivity contribution in [1.82, 2.24) is 9.97 Å². The maximum atomic E-state index is 10.5. The number of rotatable bonds is 15. The van der Waals surface area contributed by atoms with Gasteiger partial charge in [0, 0.05) is 25.2 Å². The zero-order valence-electron chi connectivity index (χ0n) is 17.3. The standard InChI is InChI=1S/C23H32N2O4/c1-2-14-28-15-6-7-16-29-21-17-24-23(25-18-21)20-12-10-19(11-13-20)8-4-3-5-9-22(26)27/h10-13,17-18H,2-9,14-16H2,1H3,(H,26,27). The number of unbranched alkanes of at least 4 members (excludes halogenated alkanes) is 3. The number of carboxylic acid groups (broad SMARTS) is 1. The van der Waals surface area contributed by atoms with E-state index in [2.05, 4.69) is 29.0 Å². The molecule has 0 spiro atoms. The van der Waals surface area contributed by atoms with Gasteiger partial charge in [-0.05, 0) is 44.1 Å². The summed E-state index contributed by atoms with van der Waals surface area (Å²) in [6.07, 6.45) is 10.3. The highest BCUT2D eigenvalue weighted by atomic mass is 16.5. The Kier molecular flexibility index (Phi) is 10.7. The van der Waals surface area contributed by atoms with Crippen LogP contribution in [-0.2, 0) is 16.0 Å². The second kappa shape index (κ2) is 13.7. The molecule has 0 saturated carbocycles. The molecule has 0 atom stereocenters. The molecule has 0 amide bonds. The number of aliphatic carboxylic acids is 1. The SMILES string of the molecule is CCCOCCCCOc1cnc(-c2ccc(CCCCCC(=O)O)cc2)nc1. The number of ether oxygens (including phenoxy) is 2. The summed E-state index contributed by atoms with van der Waals surface area (Å²) in [4.78, 5) is 19.3. The maximum absolute atomic E-state index is 10.5. The Morgan fingerprint density at radius 1 is 0.931 bits per heavy atom. The summed E-state index contributed by atoms with van der Waals surface area (Å²) in [5.41, 5.74) is 2.21. The van der Waals surface area contributed by atoms with Crippen LogP contribution in [0.4, 0.5) is 0 Å². The van der Waals surface area contributed by atoms with Gasteiger partial charge < -0.3 is 14.6 Å². The van der Waals surface area contributed by atoms with Gasteiger partial charge in [-0.2, -0.15) is 0 Å². The molecule has 1 aromatic heterocycles. The van der Waals surface area contributed by atoms with Gasteiger partial charge in [0.15, 0.2) is 11.6 Å². The molecule has 0 unspecified atom stereocenters. The highest BCUT2D eigenvalue weighted by Gasteiger charge is 2.03. The summed E-state index contributed by atoms with van der Waals surface area (Å²) in [6.45, 7) is 4.35. The van der Waals surface area contributed by atoms with E-state index in [1.165, 1.54) is 5.56 Å². The molecule has 6 heteroatoms. The number of carboxylic acids is 1. The Morgan fingerprint density at radius 2 is 1.66 bits per heavy atom. The summed E-state index contributed by atoms with van der Waals surface area (Å²) >= 11 is 0. The van der Waals surface area contributed by atoms with Crippen molar-refractivity contribution in [2.24, 2.45) is 0 Å². The topological polar surface area (TPSA) is 81.5 Å². The normalized spacial score (nSPS) is 10.8. The van der Waals surface area contributed by atoms with Crippen LogP contribution in [0.5, 0.6) is 5.75 Å². The molecule has 0 saturated heterocycles. The average Bonchev–Trinajstić information content (AvgIpc) is 2.74. The molecular weight excluding hydrogens is 368 g/mol. The number of aryl methyl sites for hydroxylation is 1. The number of benzene rings is 1. The smallest absolute Gasteiger partial charge is 0.303 e. The summed E-state index contributed by atoms with van der Waals surface area (Å²) < 4.78 is 11.1. The van der Waals surface area contributed by atoms with Crippen LogP contribution in [0.15, 0.2) is 36.7 Å². The third-order valence-corrected chi connectivity index (χ3v) is 4.50. The van der Waals surface area contributed by atoms with E-state index in [0.717, 1.165) is 63.7 Å². The van der Waals surface area contributed by atoms with Crippen molar-refractivity contribution in [2.45, 2.75) is 58.3 Å². The summed E-state index contributed by atoms with van der Waals surface area (Å²) in [5.74, 6) is 0.641. The average molecular weight is 401 g/mol. The van der Waals surface area contributed by atoms with E-state index in [0.29, 0.717) is 18.2 Å². The Balaban J connectivity index is 1.70. The lowest BCUT2D eigenvalue weighted by atomic mass is 10.0. The molecule has 0 radical (unpaired) electrons. The van der Waals surface area contributed by atoms with Crippen molar-refractivity contribution < 1.29 is 19.4 Å². The van der Waals surface area contributed by atoms with Crippen LogP contribution in [0.25, 0.3) is 11.4 Å². The maximum Gasteiger partial charge on any atom is 0.303 e. The lowest BCUT2D eigenvalue weighted by Gasteiger charge is -2.07. The molecule has 2 aromatic rings. The second-order valence-electron chi connectivity index (χ2n) is 7.06. The van der Waals surface area contributed by atoms with Gasteiger partial charge >= 0.3 is 5.97 Å².